The third-order valence-corrected chi connectivity index (χ3v) is 5.63. The summed E-state index contributed by atoms with van der Waals surface area (Å²) >= 11 is 0. The van der Waals surface area contributed by atoms with Crippen molar-refractivity contribution in [2.45, 2.75) is 37.0 Å². The first-order valence-corrected chi connectivity index (χ1v) is 9.52. The summed E-state index contributed by atoms with van der Waals surface area (Å²) in [6.07, 6.45) is 0.447. The molecule has 0 radical (unpaired) electrons. The molecule has 1 aromatic carbocycles. The van der Waals surface area contributed by atoms with Crippen molar-refractivity contribution in [3.63, 3.8) is 0 Å². The second kappa shape index (κ2) is 9.46. The number of hydrogen-bond donors (Lipinski definition) is 0. The van der Waals surface area contributed by atoms with Crippen molar-refractivity contribution >= 4 is 31.6 Å². The normalized spacial score (nSPS) is 19.8. The summed E-state index contributed by atoms with van der Waals surface area (Å²) in [6.45, 7) is 3.54. The van der Waals surface area contributed by atoms with E-state index in [4.69, 9.17) is 0 Å². The second-order valence-electron chi connectivity index (χ2n) is 5.53. The number of nitrogens with zero attached hydrogens (tertiary/aromatic N) is 1. The van der Waals surface area contributed by atoms with E-state index in [9.17, 15) is 25.9 Å². The van der Waals surface area contributed by atoms with E-state index in [1.807, 2.05) is 0 Å². The van der Waals surface area contributed by atoms with Gasteiger partial charge in [0, 0.05) is 16.9 Å². The number of hydrogen-bond acceptors (Lipinski definition) is 7. The molecule has 0 spiro atoms. The molecule has 7 nitrogen and oxygen atoms in total. The Morgan fingerprint density at radius 2 is 1.71 bits per heavy atom. The summed E-state index contributed by atoms with van der Waals surface area (Å²) < 4.78 is 65.6. The molecule has 0 amide bonds. The maximum Gasteiger partial charge on any atom is 1.00 e. The van der Waals surface area contributed by atoms with Crippen LogP contribution in [0.15, 0.2) is 28.1 Å². The van der Waals surface area contributed by atoms with E-state index in [0.29, 0.717) is 23.4 Å². The average Bonchev–Trinajstić information content (AvgIpc) is 2.59. The van der Waals surface area contributed by atoms with Crippen molar-refractivity contribution in [1.82, 2.24) is 0 Å². The van der Waals surface area contributed by atoms with E-state index >= 15 is 0 Å². The zero-order valence-electron chi connectivity index (χ0n) is 14.1. The van der Waals surface area contributed by atoms with Gasteiger partial charge in [0.05, 0.1) is 20.7 Å². The van der Waals surface area contributed by atoms with Gasteiger partial charge in [-0.3, -0.25) is 4.99 Å². The van der Waals surface area contributed by atoms with Crippen LogP contribution < -0.4 is 103 Å². The van der Waals surface area contributed by atoms with E-state index in [1.165, 1.54) is 18.2 Å². The van der Waals surface area contributed by atoms with Gasteiger partial charge in [0.1, 0.15) is 10.1 Å². The van der Waals surface area contributed by atoms with Crippen LogP contribution in [0.25, 0.3) is 0 Å². The Hall–Kier alpha value is 1.98. The summed E-state index contributed by atoms with van der Waals surface area (Å²) in [5.41, 5.74) is 1.11. The van der Waals surface area contributed by atoms with Crippen molar-refractivity contribution in [3.8, 4) is 0 Å². The largest absolute Gasteiger partial charge is 1.00 e. The van der Waals surface area contributed by atoms with E-state index in [2.05, 4.69) is 4.99 Å². The van der Waals surface area contributed by atoms with Crippen LogP contribution in [-0.2, 0) is 25.7 Å². The van der Waals surface area contributed by atoms with E-state index in [-0.39, 0.29) is 114 Å². The van der Waals surface area contributed by atoms with Crippen LogP contribution in [0.2, 0.25) is 0 Å². The quantitative estimate of drug-likeness (QED) is 0.346. The molecule has 1 aliphatic rings. The molecule has 1 heterocycles. The molecule has 0 bridgehead atoms. The van der Waals surface area contributed by atoms with E-state index in [0.717, 1.165) is 0 Å². The summed E-state index contributed by atoms with van der Waals surface area (Å²) in [7, 11) is -8.89. The number of rotatable bonds is 5. The molecule has 0 N–H and O–H groups in total. The molecule has 2 rings (SSSR count). The van der Waals surface area contributed by atoms with Crippen LogP contribution in [0.3, 0.4) is 0 Å². The maximum atomic E-state index is 11.2. The van der Waals surface area contributed by atoms with Crippen LogP contribution in [0.5, 0.6) is 0 Å². The molecule has 1 unspecified atom stereocenters. The Balaban J connectivity index is 0.00000264. The van der Waals surface area contributed by atoms with Crippen LogP contribution in [0.1, 0.15) is 32.3 Å². The fourth-order valence-corrected chi connectivity index (χ4v) is 3.62. The van der Waals surface area contributed by atoms with Crippen LogP contribution >= 0.6 is 0 Å². The predicted molar refractivity (Wildman–Crippen MR) is 78.3 cm³/mol. The summed E-state index contributed by atoms with van der Waals surface area (Å²) in [5.74, 6) is -0.495. The molecular weight excluding hydrogens is 408 g/mol. The van der Waals surface area contributed by atoms with Crippen molar-refractivity contribution < 1.29 is 129 Å². The van der Waals surface area contributed by atoms with Gasteiger partial charge in [-0.1, -0.05) is 6.92 Å². The summed E-state index contributed by atoms with van der Waals surface area (Å²) in [4.78, 5) is 3.99. The minimum absolute atomic E-state index is 0. The standard InChI is InChI=1S/C13H17NO6S2.2K/c1-9-13(2,6-3-7-21(15,16)17)11-8-10(22(18,19)20)4-5-12(11)14-9;;/h4-5,8H,3,6-7H2,1-2H3,(H,15,16,17)(H,18,19,20);;/q;2*+1/p-2. The Morgan fingerprint density at radius 3 is 2.21 bits per heavy atom. The van der Waals surface area contributed by atoms with Crippen molar-refractivity contribution in [2.75, 3.05) is 5.75 Å². The van der Waals surface area contributed by atoms with Crippen LogP contribution in [0.4, 0.5) is 5.69 Å². The first kappa shape index (κ1) is 26.0. The second-order valence-corrected chi connectivity index (χ2v) is 8.43. The molecule has 0 fully saturated rings. The minimum atomic E-state index is -4.58. The molecule has 1 atom stereocenters. The van der Waals surface area contributed by atoms with Crippen LogP contribution in [0, 0.1) is 0 Å². The molecule has 0 saturated heterocycles. The average molecular weight is 424 g/mol. The topological polar surface area (TPSA) is 127 Å². The van der Waals surface area contributed by atoms with Crippen molar-refractivity contribution in [2.24, 2.45) is 4.99 Å². The fourth-order valence-electron chi connectivity index (χ4n) is 2.63. The molecule has 0 aliphatic carbocycles. The summed E-state index contributed by atoms with van der Waals surface area (Å²) in [6, 6.07) is 3.94. The van der Waals surface area contributed by atoms with Crippen molar-refractivity contribution in [3.05, 3.63) is 23.8 Å². The van der Waals surface area contributed by atoms with Gasteiger partial charge in [-0.05, 0) is 43.5 Å². The van der Waals surface area contributed by atoms with Crippen molar-refractivity contribution in [1.29, 1.82) is 0 Å². The first-order valence-electron chi connectivity index (χ1n) is 6.53. The SMILES string of the molecule is CC1=Nc2ccc(S(=O)(=O)[O-])cc2C1(C)CCCS(=O)(=O)[O-].[K+].[K+]. The summed E-state index contributed by atoms with van der Waals surface area (Å²) in [5, 5.41) is 0. The molecular formula is C13H15K2NO6S2. The Labute approximate surface area is 227 Å². The predicted octanol–water partition coefficient (Wildman–Crippen LogP) is -4.71. The van der Waals surface area contributed by atoms with Gasteiger partial charge in [-0.15, -0.1) is 0 Å². The smallest absolute Gasteiger partial charge is 0.748 e. The van der Waals surface area contributed by atoms with Gasteiger partial charge >= 0.3 is 103 Å². The van der Waals surface area contributed by atoms with E-state index in [1.54, 1.807) is 13.8 Å². The Morgan fingerprint density at radius 1 is 1.12 bits per heavy atom. The molecule has 122 valence electrons. The number of benzene rings is 1. The monoisotopic (exact) mass is 423 g/mol. The van der Waals surface area contributed by atoms with E-state index < -0.39 is 31.4 Å². The first-order chi connectivity index (χ1) is 9.93. The molecule has 1 aromatic rings. The molecule has 1 aliphatic heterocycles. The third-order valence-electron chi connectivity index (χ3n) is 4.01. The zero-order valence-corrected chi connectivity index (χ0v) is 21.9. The maximum absolute atomic E-state index is 11.2. The fraction of sp³-hybridized carbons (Fsp3) is 0.462. The van der Waals surface area contributed by atoms with Gasteiger partial charge in [0.15, 0.2) is 0 Å². The van der Waals surface area contributed by atoms with Gasteiger partial charge in [0.25, 0.3) is 0 Å². The Kier molecular flexibility index (Phi) is 10.2. The third kappa shape index (κ3) is 6.26. The molecule has 0 saturated carbocycles. The molecule has 0 aromatic heterocycles. The molecule has 24 heavy (non-hydrogen) atoms. The number of aliphatic imine (C=N–C) groups is 1. The number of fused-ring (bicyclic) bond motifs is 1. The zero-order chi connectivity index (χ0) is 16.8. The van der Waals surface area contributed by atoms with Gasteiger partial charge in [0.2, 0.25) is 0 Å². The van der Waals surface area contributed by atoms with Gasteiger partial charge in [-0.25, -0.2) is 16.8 Å². The minimum Gasteiger partial charge on any atom is -0.748 e. The van der Waals surface area contributed by atoms with Gasteiger partial charge < -0.3 is 9.11 Å². The van der Waals surface area contributed by atoms with Crippen LogP contribution in [-0.4, -0.2) is 37.4 Å². The van der Waals surface area contributed by atoms with Gasteiger partial charge in [-0.2, -0.15) is 0 Å². The molecule has 11 heteroatoms. The Bertz CT molecular complexity index is 851.